The van der Waals surface area contributed by atoms with Crippen molar-refractivity contribution < 1.29 is 22.7 Å². The van der Waals surface area contributed by atoms with Gasteiger partial charge in [-0.3, -0.25) is 0 Å². The highest BCUT2D eigenvalue weighted by atomic mass is 32.1. The lowest BCUT2D eigenvalue weighted by Gasteiger charge is -2.16. The van der Waals surface area contributed by atoms with E-state index in [4.69, 9.17) is 4.42 Å². The van der Waals surface area contributed by atoms with Crippen LogP contribution in [-0.4, -0.2) is 12.2 Å². The molecule has 0 aliphatic heterocycles. The van der Waals surface area contributed by atoms with E-state index < -0.39 is 11.7 Å². The van der Waals surface area contributed by atoms with Crippen LogP contribution in [0.2, 0.25) is 0 Å². The van der Waals surface area contributed by atoms with Crippen LogP contribution in [-0.2, 0) is 6.18 Å². The van der Waals surface area contributed by atoms with Gasteiger partial charge in [0.1, 0.15) is 0 Å². The standard InChI is InChI=1S/C19H18F3NO2S/c1-10(2)12-7-6-11(19(20,21)22)9-13(12)15-16(24)17(25-18(15)23-3)14-5-4-8-26-14/h4-10,23-24H,1-3H3. The Morgan fingerprint density at radius 1 is 1.19 bits per heavy atom. The van der Waals surface area contributed by atoms with Gasteiger partial charge in [0.15, 0.2) is 11.5 Å². The van der Waals surface area contributed by atoms with Gasteiger partial charge < -0.3 is 14.8 Å². The van der Waals surface area contributed by atoms with E-state index in [9.17, 15) is 18.3 Å². The molecule has 0 atom stereocenters. The van der Waals surface area contributed by atoms with Crippen LogP contribution >= 0.6 is 11.3 Å². The largest absolute Gasteiger partial charge is 0.504 e. The zero-order chi connectivity index (χ0) is 19.1. The SMILES string of the molecule is CNc1oc(-c2cccs2)c(O)c1-c1cc(C(F)(F)F)ccc1C(C)C. The molecule has 0 aliphatic carbocycles. The molecule has 7 heteroatoms. The van der Waals surface area contributed by atoms with E-state index in [-0.39, 0.29) is 28.9 Å². The fourth-order valence-corrected chi connectivity index (χ4v) is 3.58. The molecule has 0 amide bonds. The lowest BCUT2D eigenvalue weighted by Crippen LogP contribution is -2.06. The van der Waals surface area contributed by atoms with Crippen LogP contribution in [0.4, 0.5) is 19.1 Å². The molecule has 0 unspecified atom stereocenters. The van der Waals surface area contributed by atoms with Crippen LogP contribution in [0.3, 0.4) is 0 Å². The van der Waals surface area contributed by atoms with E-state index >= 15 is 0 Å². The second kappa shape index (κ2) is 6.72. The smallest absolute Gasteiger partial charge is 0.416 e. The first-order valence-electron chi connectivity index (χ1n) is 8.03. The maximum atomic E-state index is 13.2. The molecule has 2 N–H and O–H groups in total. The molecule has 3 rings (SSSR count). The summed E-state index contributed by atoms with van der Waals surface area (Å²) in [4.78, 5) is 0.698. The van der Waals surface area contributed by atoms with E-state index in [1.807, 2.05) is 25.3 Å². The molecule has 3 aromatic rings. The fourth-order valence-electron chi connectivity index (χ4n) is 2.88. The molecule has 0 saturated heterocycles. The van der Waals surface area contributed by atoms with Gasteiger partial charge in [-0.2, -0.15) is 13.2 Å². The maximum absolute atomic E-state index is 13.2. The summed E-state index contributed by atoms with van der Waals surface area (Å²) in [6, 6.07) is 7.18. The van der Waals surface area contributed by atoms with E-state index in [0.29, 0.717) is 16.0 Å². The number of furan rings is 1. The number of anilines is 1. The molecular weight excluding hydrogens is 363 g/mol. The van der Waals surface area contributed by atoms with Gasteiger partial charge >= 0.3 is 6.18 Å². The molecule has 138 valence electrons. The zero-order valence-electron chi connectivity index (χ0n) is 14.4. The van der Waals surface area contributed by atoms with Gasteiger partial charge in [-0.05, 0) is 40.6 Å². The summed E-state index contributed by atoms with van der Waals surface area (Å²) in [5, 5.41) is 15.4. The summed E-state index contributed by atoms with van der Waals surface area (Å²) in [5.41, 5.74) is 0.481. The Balaban J connectivity index is 2.28. The van der Waals surface area contributed by atoms with Crippen molar-refractivity contribution in [2.75, 3.05) is 12.4 Å². The van der Waals surface area contributed by atoms with Crippen LogP contribution in [0.1, 0.15) is 30.9 Å². The Morgan fingerprint density at radius 3 is 2.46 bits per heavy atom. The molecule has 0 bridgehead atoms. The first kappa shape index (κ1) is 18.4. The van der Waals surface area contributed by atoms with Crippen molar-refractivity contribution in [2.24, 2.45) is 0 Å². The van der Waals surface area contributed by atoms with E-state index in [1.165, 1.54) is 17.4 Å². The summed E-state index contributed by atoms with van der Waals surface area (Å²) < 4.78 is 45.4. The average molecular weight is 381 g/mol. The molecular formula is C19H18F3NO2S. The molecule has 26 heavy (non-hydrogen) atoms. The van der Waals surface area contributed by atoms with Gasteiger partial charge in [0, 0.05) is 7.05 Å². The first-order chi connectivity index (χ1) is 12.2. The van der Waals surface area contributed by atoms with Crippen LogP contribution in [0, 0.1) is 0 Å². The van der Waals surface area contributed by atoms with Crippen LogP contribution in [0.5, 0.6) is 5.75 Å². The van der Waals surface area contributed by atoms with Gasteiger partial charge in [0.05, 0.1) is 16.0 Å². The fraction of sp³-hybridized carbons (Fsp3) is 0.263. The summed E-state index contributed by atoms with van der Waals surface area (Å²) in [6.45, 7) is 3.78. The molecule has 2 heterocycles. The zero-order valence-corrected chi connectivity index (χ0v) is 15.3. The number of aromatic hydroxyl groups is 1. The molecule has 2 aromatic heterocycles. The molecule has 0 fully saturated rings. The minimum atomic E-state index is -4.47. The number of nitrogens with one attached hydrogen (secondary N) is 1. The lowest BCUT2D eigenvalue weighted by molar-refractivity contribution is -0.137. The highest BCUT2D eigenvalue weighted by Gasteiger charge is 2.33. The number of rotatable bonds is 4. The maximum Gasteiger partial charge on any atom is 0.416 e. The third-order valence-corrected chi connectivity index (χ3v) is 5.00. The van der Waals surface area contributed by atoms with Gasteiger partial charge in [-0.25, -0.2) is 0 Å². The van der Waals surface area contributed by atoms with Crippen LogP contribution in [0.25, 0.3) is 21.8 Å². The summed E-state index contributed by atoms with van der Waals surface area (Å²) >= 11 is 1.37. The molecule has 0 aliphatic rings. The Labute approximate surface area is 153 Å². The number of alkyl halides is 3. The summed E-state index contributed by atoms with van der Waals surface area (Å²) in [5.74, 6) is 0.271. The molecule has 1 aromatic carbocycles. The predicted octanol–water partition coefficient (Wildman–Crippen LogP) is 6.56. The molecule has 0 radical (unpaired) electrons. The van der Waals surface area contributed by atoms with Crippen molar-refractivity contribution in [1.82, 2.24) is 0 Å². The van der Waals surface area contributed by atoms with Gasteiger partial charge in [-0.1, -0.05) is 26.0 Å². The number of thiophene rings is 1. The number of hydrogen-bond donors (Lipinski definition) is 2. The predicted molar refractivity (Wildman–Crippen MR) is 97.8 cm³/mol. The van der Waals surface area contributed by atoms with Crippen LogP contribution in [0.15, 0.2) is 40.1 Å². The normalized spacial score (nSPS) is 12.0. The van der Waals surface area contributed by atoms with Crippen molar-refractivity contribution in [2.45, 2.75) is 25.9 Å². The number of halogens is 3. The Kier molecular flexibility index (Phi) is 4.75. The molecule has 0 saturated carbocycles. The lowest BCUT2D eigenvalue weighted by atomic mass is 9.91. The van der Waals surface area contributed by atoms with Gasteiger partial charge in [-0.15, -0.1) is 11.3 Å². The molecule has 3 nitrogen and oxygen atoms in total. The first-order valence-corrected chi connectivity index (χ1v) is 8.91. The van der Waals surface area contributed by atoms with Crippen LogP contribution < -0.4 is 5.32 Å². The highest BCUT2D eigenvalue weighted by Crippen LogP contribution is 2.49. The quantitative estimate of drug-likeness (QED) is 0.538. The minimum absolute atomic E-state index is 0.0310. The monoisotopic (exact) mass is 381 g/mol. The second-order valence-corrected chi connectivity index (χ2v) is 7.11. The van der Waals surface area contributed by atoms with Crippen molar-refractivity contribution in [3.8, 4) is 27.5 Å². The number of benzene rings is 1. The van der Waals surface area contributed by atoms with Crippen molar-refractivity contribution in [3.63, 3.8) is 0 Å². The van der Waals surface area contributed by atoms with E-state index in [1.54, 1.807) is 13.1 Å². The van der Waals surface area contributed by atoms with Crippen molar-refractivity contribution in [1.29, 1.82) is 0 Å². The third-order valence-electron chi connectivity index (χ3n) is 4.13. The summed E-state index contributed by atoms with van der Waals surface area (Å²) in [7, 11) is 1.60. The summed E-state index contributed by atoms with van der Waals surface area (Å²) in [6.07, 6.45) is -4.47. The topological polar surface area (TPSA) is 45.4 Å². The third kappa shape index (κ3) is 3.19. The van der Waals surface area contributed by atoms with Gasteiger partial charge in [0.2, 0.25) is 5.88 Å². The van der Waals surface area contributed by atoms with E-state index in [2.05, 4.69) is 5.32 Å². The Bertz CT molecular complexity index is 912. The average Bonchev–Trinajstić information content (AvgIpc) is 3.20. The second-order valence-electron chi connectivity index (χ2n) is 6.17. The van der Waals surface area contributed by atoms with Crippen molar-refractivity contribution >= 4 is 17.2 Å². The minimum Gasteiger partial charge on any atom is -0.504 e. The Morgan fingerprint density at radius 2 is 1.92 bits per heavy atom. The highest BCUT2D eigenvalue weighted by molar-refractivity contribution is 7.13. The van der Waals surface area contributed by atoms with E-state index in [0.717, 1.165) is 12.1 Å². The molecule has 0 spiro atoms. The van der Waals surface area contributed by atoms with Crippen molar-refractivity contribution in [3.05, 3.63) is 46.8 Å². The Hall–Kier alpha value is -2.41. The number of hydrogen-bond acceptors (Lipinski definition) is 4. The van der Waals surface area contributed by atoms with Gasteiger partial charge in [0.25, 0.3) is 0 Å².